The average molecular weight is 419 g/mol. The maximum atomic E-state index is 12.5. The number of carbonyl (C=O) groups is 1. The summed E-state index contributed by atoms with van der Waals surface area (Å²) in [5.74, 6) is 0.913. The van der Waals surface area contributed by atoms with Gasteiger partial charge in [-0.05, 0) is 49.6 Å². The third kappa shape index (κ3) is 4.30. The first-order valence-corrected chi connectivity index (χ1v) is 10.3. The number of esters is 1. The fourth-order valence-electron chi connectivity index (χ4n) is 3.72. The molecule has 0 amide bonds. The van der Waals surface area contributed by atoms with Crippen molar-refractivity contribution in [1.82, 2.24) is 9.97 Å². The summed E-state index contributed by atoms with van der Waals surface area (Å²) in [6.07, 6.45) is 2.38. The average Bonchev–Trinajstić information content (AvgIpc) is 3.13. The summed E-state index contributed by atoms with van der Waals surface area (Å²) in [4.78, 5) is 23.6. The molecule has 1 aliphatic rings. The van der Waals surface area contributed by atoms with Gasteiger partial charge in [0.05, 0.1) is 19.9 Å². The molecule has 1 aliphatic heterocycles. The Kier molecular flexibility index (Phi) is 6.02. The smallest absolute Gasteiger partial charge is 0.345 e. The molecule has 31 heavy (non-hydrogen) atoms. The first-order valence-electron chi connectivity index (χ1n) is 10.3. The quantitative estimate of drug-likeness (QED) is 0.528. The SMILES string of the molecule is CCOC(=O)c1cnc(N2c3ccccc3CC2C)nc1OCc1cccc(OC)c1. The fraction of sp³-hybridized carbons (Fsp3) is 0.292. The third-order valence-corrected chi connectivity index (χ3v) is 5.17. The van der Waals surface area contributed by atoms with Crippen molar-refractivity contribution in [3.63, 3.8) is 0 Å². The van der Waals surface area contributed by atoms with E-state index < -0.39 is 5.97 Å². The normalized spacial score (nSPS) is 14.8. The maximum absolute atomic E-state index is 12.5. The second-order valence-electron chi connectivity index (χ2n) is 7.30. The Morgan fingerprint density at radius 3 is 2.84 bits per heavy atom. The second-order valence-corrected chi connectivity index (χ2v) is 7.30. The minimum absolute atomic E-state index is 0.192. The Morgan fingerprint density at radius 2 is 2.03 bits per heavy atom. The molecule has 0 fully saturated rings. The van der Waals surface area contributed by atoms with E-state index in [-0.39, 0.29) is 30.7 Å². The molecule has 1 unspecified atom stereocenters. The van der Waals surface area contributed by atoms with Crippen LogP contribution >= 0.6 is 0 Å². The van der Waals surface area contributed by atoms with Crippen molar-refractivity contribution >= 4 is 17.6 Å². The van der Waals surface area contributed by atoms with Crippen molar-refractivity contribution in [3.05, 3.63) is 71.4 Å². The van der Waals surface area contributed by atoms with Crippen molar-refractivity contribution in [2.75, 3.05) is 18.6 Å². The number of hydrogen-bond donors (Lipinski definition) is 0. The number of carbonyl (C=O) groups excluding carboxylic acids is 1. The van der Waals surface area contributed by atoms with Gasteiger partial charge >= 0.3 is 5.97 Å². The highest BCUT2D eigenvalue weighted by atomic mass is 16.5. The highest BCUT2D eigenvalue weighted by molar-refractivity contribution is 5.91. The van der Waals surface area contributed by atoms with E-state index in [0.717, 1.165) is 23.4 Å². The van der Waals surface area contributed by atoms with Gasteiger partial charge < -0.3 is 19.1 Å². The summed E-state index contributed by atoms with van der Waals surface area (Å²) >= 11 is 0. The van der Waals surface area contributed by atoms with Crippen LogP contribution in [0.1, 0.15) is 35.3 Å². The first-order chi connectivity index (χ1) is 15.1. The van der Waals surface area contributed by atoms with Gasteiger partial charge in [0.2, 0.25) is 11.8 Å². The zero-order chi connectivity index (χ0) is 21.8. The molecule has 0 saturated carbocycles. The van der Waals surface area contributed by atoms with E-state index >= 15 is 0 Å². The van der Waals surface area contributed by atoms with Crippen molar-refractivity contribution in [2.24, 2.45) is 0 Å². The van der Waals surface area contributed by atoms with Gasteiger partial charge in [0.1, 0.15) is 17.9 Å². The summed E-state index contributed by atoms with van der Waals surface area (Å²) in [6.45, 7) is 4.37. The van der Waals surface area contributed by atoms with E-state index in [1.807, 2.05) is 36.4 Å². The van der Waals surface area contributed by atoms with E-state index in [2.05, 4.69) is 33.9 Å². The molecule has 160 valence electrons. The Morgan fingerprint density at radius 1 is 1.19 bits per heavy atom. The number of fused-ring (bicyclic) bond motifs is 1. The van der Waals surface area contributed by atoms with E-state index in [4.69, 9.17) is 14.2 Å². The highest BCUT2D eigenvalue weighted by Crippen LogP contribution is 2.37. The minimum Gasteiger partial charge on any atom is -0.497 e. The van der Waals surface area contributed by atoms with Gasteiger partial charge in [-0.1, -0.05) is 30.3 Å². The lowest BCUT2D eigenvalue weighted by Gasteiger charge is -2.23. The van der Waals surface area contributed by atoms with Crippen molar-refractivity contribution in [1.29, 1.82) is 0 Å². The van der Waals surface area contributed by atoms with Gasteiger partial charge in [0.25, 0.3) is 0 Å². The van der Waals surface area contributed by atoms with Crippen LogP contribution in [0.25, 0.3) is 0 Å². The second kappa shape index (κ2) is 9.04. The van der Waals surface area contributed by atoms with E-state index in [9.17, 15) is 4.79 Å². The lowest BCUT2D eigenvalue weighted by Crippen LogP contribution is -2.26. The van der Waals surface area contributed by atoms with Gasteiger partial charge in [0.15, 0.2) is 0 Å². The highest BCUT2D eigenvalue weighted by Gasteiger charge is 2.30. The summed E-state index contributed by atoms with van der Waals surface area (Å²) in [6, 6.07) is 15.9. The number of anilines is 2. The molecule has 7 heteroatoms. The zero-order valence-electron chi connectivity index (χ0n) is 17.9. The van der Waals surface area contributed by atoms with Gasteiger partial charge in [-0.2, -0.15) is 4.98 Å². The summed E-state index contributed by atoms with van der Waals surface area (Å²) < 4.78 is 16.4. The molecule has 1 atom stereocenters. The fourth-order valence-corrected chi connectivity index (χ4v) is 3.72. The van der Waals surface area contributed by atoms with Gasteiger partial charge in [-0.15, -0.1) is 0 Å². The Bertz CT molecular complexity index is 1090. The summed E-state index contributed by atoms with van der Waals surface area (Å²) in [5.41, 5.74) is 3.41. The molecule has 4 rings (SSSR count). The van der Waals surface area contributed by atoms with Crippen LogP contribution in [-0.4, -0.2) is 35.7 Å². The standard InChI is InChI=1S/C24H25N3O4/c1-4-30-23(28)20-14-25-24(27-16(2)12-18-9-5-6-11-21(18)27)26-22(20)31-15-17-8-7-10-19(13-17)29-3/h5-11,13-14,16H,4,12,15H2,1-3H3. The monoisotopic (exact) mass is 419 g/mol. The zero-order valence-corrected chi connectivity index (χ0v) is 17.9. The Hall–Kier alpha value is -3.61. The number of nitrogens with zero attached hydrogens (tertiary/aromatic N) is 3. The number of para-hydroxylation sites is 1. The largest absolute Gasteiger partial charge is 0.497 e. The lowest BCUT2D eigenvalue weighted by molar-refractivity contribution is 0.0519. The summed E-state index contributed by atoms with van der Waals surface area (Å²) in [5, 5.41) is 0. The number of aromatic nitrogens is 2. The van der Waals surface area contributed by atoms with Gasteiger partial charge in [0, 0.05) is 11.7 Å². The molecular formula is C24H25N3O4. The molecule has 2 heterocycles. The van der Waals surface area contributed by atoms with Crippen LogP contribution in [0.5, 0.6) is 11.6 Å². The van der Waals surface area contributed by atoms with Crippen molar-refractivity contribution < 1.29 is 19.0 Å². The lowest BCUT2D eigenvalue weighted by atomic mass is 10.1. The van der Waals surface area contributed by atoms with Crippen LogP contribution in [0.2, 0.25) is 0 Å². The van der Waals surface area contributed by atoms with E-state index in [1.165, 1.54) is 11.8 Å². The van der Waals surface area contributed by atoms with Crippen LogP contribution in [0.4, 0.5) is 11.6 Å². The first kappa shape index (κ1) is 20.7. The number of benzene rings is 2. The molecule has 7 nitrogen and oxygen atoms in total. The molecule has 1 aromatic heterocycles. The molecule has 2 aromatic carbocycles. The number of ether oxygens (including phenoxy) is 3. The molecular weight excluding hydrogens is 394 g/mol. The summed E-state index contributed by atoms with van der Waals surface area (Å²) in [7, 11) is 1.62. The molecule has 3 aromatic rings. The predicted octanol–water partition coefficient (Wildman–Crippen LogP) is 4.32. The molecule has 0 spiro atoms. The predicted molar refractivity (Wildman–Crippen MR) is 117 cm³/mol. The van der Waals surface area contributed by atoms with Crippen molar-refractivity contribution in [2.45, 2.75) is 32.9 Å². The Labute approximate surface area is 181 Å². The number of methoxy groups -OCH3 is 1. The van der Waals surface area contributed by atoms with Gasteiger partial charge in [-0.25, -0.2) is 9.78 Å². The number of hydrogen-bond acceptors (Lipinski definition) is 7. The number of rotatable bonds is 7. The topological polar surface area (TPSA) is 73.8 Å². The molecule has 0 radical (unpaired) electrons. The van der Waals surface area contributed by atoms with Crippen LogP contribution < -0.4 is 14.4 Å². The maximum Gasteiger partial charge on any atom is 0.345 e. The van der Waals surface area contributed by atoms with Crippen LogP contribution in [0, 0.1) is 0 Å². The molecule has 0 aliphatic carbocycles. The molecule has 0 saturated heterocycles. The minimum atomic E-state index is -0.510. The van der Waals surface area contributed by atoms with Crippen LogP contribution in [0.3, 0.4) is 0 Å². The third-order valence-electron chi connectivity index (χ3n) is 5.17. The van der Waals surface area contributed by atoms with Crippen molar-refractivity contribution in [3.8, 4) is 11.6 Å². The van der Waals surface area contributed by atoms with E-state index in [1.54, 1.807) is 14.0 Å². The Balaban J connectivity index is 1.67. The van der Waals surface area contributed by atoms with E-state index in [0.29, 0.717) is 5.95 Å². The molecule has 0 N–H and O–H groups in total. The van der Waals surface area contributed by atoms with Crippen LogP contribution in [-0.2, 0) is 17.8 Å². The van der Waals surface area contributed by atoms with Crippen LogP contribution in [0.15, 0.2) is 54.7 Å². The van der Waals surface area contributed by atoms with Gasteiger partial charge in [-0.3, -0.25) is 0 Å². The molecule has 0 bridgehead atoms.